The van der Waals surface area contributed by atoms with Crippen molar-refractivity contribution in [2.45, 2.75) is 13.3 Å². The van der Waals surface area contributed by atoms with Crippen LogP contribution in [0.2, 0.25) is 5.02 Å². The summed E-state index contributed by atoms with van der Waals surface area (Å²) in [6.45, 7) is 4.48. The minimum atomic E-state index is 0.728. The molecule has 1 aliphatic rings. The SMILES string of the molecule is CCC1CN(c2ccc(N)cc2Cl)C1. The summed E-state index contributed by atoms with van der Waals surface area (Å²) in [5.74, 6) is 0.837. The van der Waals surface area contributed by atoms with Gasteiger partial charge < -0.3 is 10.6 Å². The molecule has 0 aromatic heterocycles. The van der Waals surface area contributed by atoms with E-state index < -0.39 is 0 Å². The third-order valence-corrected chi connectivity index (χ3v) is 3.15. The maximum atomic E-state index is 6.11. The van der Waals surface area contributed by atoms with Gasteiger partial charge in [-0.1, -0.05) is 18.5 Å². The van der Waals surface area contributed by atoms with Crippen molar-refractivity contribution < 1.29 is 0 Å². The first-order chi connectivity index (χ1) is 6.70. The molecule has 0 atom stereocenters. The van der Waals surface area contributed by atoms with E-state index >= 15 is 0 Å². The van der Waals surface area contributed by atoms with E-state index in [-0.39, 0.29) is 0 Å². The molecule has 76 valence electrons. The second kappa shape index (κ2) is 3.70. The van der Waals surface area contributed by atoms with Crippen LogP contribution in [0.5, 0.6) is 0 Å². The lowest BCUT2D eigenvalue weighted by Gasteiger charge is -2.41. The summed E-state index contributed by atoms with van der Waals surface area (Å²) in [7, 11) is 0. The number of benzene rings is 1. The van der Waals surface area contributed by atoms with Gasteiger partial charge in [-0.15, -0.1) is 0 Å². The zero-order valence-corrected chi connectivity index (χ0v) is 9.09. The van der Waals surface area contributed by atoms with Gasteiger partial charge in [0.15, 0.2) is 0 Å². The summed E-state index contributed by atoms with van der Waals surface area (Å²) in [6.07, 6.45) is 1.25. The number of hydrogen-bond acceptors (Lipinski definition) is 2. The third-order valence-electron chi connectivity index (χ3n) is 2.85. The van der Waals surface area contributed by atoms with Crippen molar-refractivity contribution in [3.8, 4) is 0 Å². The quantitative estimate of drug-likeness (QED) is 0.761. The summed E-state index contributed by atoms with van der Waals surface area (Å²) >= 11 is 6.11. The molecule has 3 heteroatoms. The predicted molar refractivity (Wildman–Crippen MR) is 61.9 cm³/mol. The zero-order chi connectivity index (χ0) is 10.1. The van der Waals surface area contributed by atoms with Gasteiger partial charge in [0, 0.05) is 18.8 Å². The molecule has 2 nitrogen and oxygen atoms in total. The maximum absolute atomic E-state index is 6.11. The van der Waals surface area contributed by atoms with Gasteiger partial charge in [-0.05, 0) is 30.5 Å². The number of rotatable bonds is 2. The van der Waals surface area contributed by atoms with Crippen LogP contribution in [0.3, 0.4) is 0 Å². The minimum Gasteiger partial charge on any atom is -0.399 e. The zero-order valence-electron chi connectivity index (χ0n) is 8.33. The van der Waals surface area contributed by atoms with Gasteiger partial charge in [0.1, 0.15) is 0 Å². The molecule has 0 amide bonds. The van der Waals surface area contributed by atoms with Crippen LogP contribution in [-0.4, -0.2) is 13.1 Å². The van der Waals surface area contributed by atoms with Crippen molar-refractivity contribution >= 4 is 23.0 Å². The lowest BCUT2D eigenvalue weighted by Crippen LogP contribution is -2.46. The van der Waals surface area contributed by atoms with E-state index in [1.807, 2.05) is 18.2 Å². The lowest BCUT2D eigenvalue weighted by molar-refractivity contribution is 0.399. The van der Waals surface area contributed by atoms with Crippen molar-refractivity contribution in [3.63, 3.8) is 0 Å². The highest BCUT2D eigenvalue weighted by Gasteiger charge is 2.26. The molecule has 2 rings (SSSR count). The molecule has 0 saturated carbocycles. The molecule has 0 spiro atoms. The number of hydrogen-bond donors (Lipinski definition) is 1. The summed E-state index contributed by atoms with van der Waals surface area (Å²) in [5, 5.41) is 0.763. The molecule has 1 aromatic carbocycles. The molecule has 1 saturated heterocycles. The van der Waals surface area contributed by atoms with E-state index in [2.05, 4.69) is 11.8 Å². The van der Waals surface area contributed by atoms with Crippen LogP contribution in [0, 0.1) is 5.92 Å². The largest absolute Gasteiger partial charge is 0.399 e. The van der Waals surface area contributed by atoms with Crippen LogP contribution in [0.15, 0.2) is 18.2 Å². The normalized spacial score (nSPS) is 16.9. The number of halogens is 1. The molecule has 0 aliphatic carbocycles. The molecule has 1 aromatic rings. The van der Waals surface area contributed by atoms with E-state index in [9.17, 15) is 0 Å². The van der Waals surface area contributed by atoms with E-state index in [0.29, 0.717) is 0 Å². The van der Waals surface area contributed by atoms with Crippen LogP contribution in [0.25, 0.3) is 0 Å². The molecule has 14 heavy (non-hydrogen) atoms. The van der Waals surface area contributed by atoms with E-state index in [0.717, 1.165) is 35.4 Å². The Morgan fingerprint density at radius 3 is 2.79 bits per heavy atom. The third kappa shape index (κ3) is 1.67. The molecule has 0 radical (unpaired) electrons. The van der Waals surface area contributed by atoms with Gasteiger partial charge in [0.25, 0.3) is 0 Å². The second-order valence-electron chi connectivity index (χ2n) is 3.89. The highest BCUT2D eigenvalue weighted by Crippen LogP contribution is 2.33. The lowest BCUT2D eigenvalue weighted by atomic mass is 9.96. The smallest absolute Gasteiger partial charge is 0.0660 e. The Hall–Kier alpha value is -0.890. The summed E-state index contributed by atoms with van der Waals surface area (Å²) in [4.78, 5) is 2.30. The van der Waals surface area contributed by atoms with Gasteiger partial charge in [0.2, 0.25) is 0 Å². The fraction of sp³-hybridized carbons (Fsp3) is 0.455. The Morgan fingerprint density at radius 2 is 2.21 bits per heavy atom. The van der Waals surface area contributed by atoms with E-state index in [1.165, 1.54) is 6.42 Å². The molecule has 0 bridgehead atoms. The Kier molecular flexibility index (Phi) is 2.55. The first kappa shape index (κ1) is 9.66. The molecule has 0 unspecified atom stereocenters. The number of nitrogen functional groups attached to an aromatic ring is 1. The maximum Gasteiger partial charge on any atom is 0.0660 e. The summed E-state index contributed by atoms with van der Waals surface area (Å²) in [5.41, 5.74) is 7.48. The minimum absolute atomic E-state index is 0.728. The Morgan fingerprint density at radius 1 is 1.50 bits per heavy atom. The Labute approximate surface area is 89.7 Å². The van der Waals surface area contributed by atoms with Crippen LogP contribution in [0.1, 0.15) is 13.3 Å². The Balaban J connectivity index is 2.11. The molecule has 2 N–H and O–H groups in total. The highest BCUT2D eigenvalue weighted by molar-refractivity contribution is 6.33. The van der Waals surface area contributed by atoms with Crippen molar-refractivity contribution in [3.05, 3.63) is 23.2 Å². The van der Waals surface area contributed by atoms with Crippen molar-refractivity contribution in [2.75, 3.05) is 23.7 Å². The van der Waals surface area contributed by atoms with Gasteiger partial charge >= 0.3 is 0 Å². The predicted octanol–water partition coefficient (Wildman–Crippen LogP) is 2.77. The number of nitrogens with zero attached hydrogens (tertiary/aromatic N) is 1. The van der Waals surface area contributed by atoms with Gasteiger partial charge in [-0.25, -0.2) is 0 Å². The molecule has 1 fully saturated rings. The number of anilines is 2. The van der Waals surface area contributed by atoms with Crippen molar-refractivity contribution in [1.82, 2.24) is 0 Å². The summed E-state index contributed by atoms with van der Waals surface area (Å²) < 4.78 is 0. The molecular weight excluding hydrogens is 196 g/mol. The first-order valence-electron chi connectivity index (χ1n) is 5.00. The highest BCUT2D eigenvalue weighted by atomic mass is 35.5. The monoisotopic (exact) mass is 210 g/mol. The summed E-state index contributed by atoms with van der Waals surface area (Å²) in [6, 6.07) is 5.72. The molecule has 1 heterocycles. The van der Waals surface area contributed by atoms with Gasteiger partial charge in [-0.3, -0.25) is 0 Å². The van der Waals surface area contributed by atoms with Crippen LogP contribution < -0.4 is 10.6 Å². The fourth-order valence-corrected chi connectivity index (χ4v) is 2.11. The van der Waals surface area contributed by atoms with Crippen LogP contribution in [0.4, 0.5) is 11.4 Å². The topological polar surface area (TPSA) is 29.3 Å². The van der Waals surface area contributed by atoms with Crippen LogP contribution >= 0.6 is 11.6 Å². The fourth-order valence-electron chi connectivity index (χ4n) is 1.80. The molecular formula is C11H15ClN2. The second-order valence-corrected chi connectivity index (χ2v) is 4.30. The standard InChI is InChI=1S/C11H15ClN2/c1-2-8-6-14(7-8)11-4-3-9(13)5-10(11)12/h3-5,8H,2,6-7,13H2,1H3. The molecule has 1 aliphatic heterocycles. The van der Waals surface area contributed by atoms with E-state index in [1.54, 1.807) is 0 Å². The first-order valence-corrected chi connectivity index (χ1v) is 5.38. The van der Waals surface area contributed by atoms with Crippen molar-refractivity contribution in [2.24, 2.45) is 5.92 Å². The Bertz CT molecular complexity index is 332. The van der Waals surface area contributed by atoms with Crippen molar-refractivity contribution in [1.29, 1.82) is 0 Å². The van der Waals surface area contributed by atoms with E-state index in [4.69, 9.17) is 17.3 Å². The van der Waals surface area contributed by atoms with Gasteiger partial charge in [0.05, 0.1) is 10.7 Å². The van der Waals surface area contributed by atoms with Gasteiger partial charge in [-0.2, -0.15) is 0 Å². The average Bonchev–Trinajstić information content (AvgIpc) is 2.06. The van der Waals surface area contributed by atoms with Crippen LogP contribution in [-0.2, 0) is 0 Å². The number of nitrogens with two attached hydrogens (primary N) is 1. The average molecular weight is 211 g/mol.